The number of piperazine rings is 1. The number of rotatable bonds is 3. The van der Waals surface area contributed by atoms with Gasteiger partial charge in [0.15, 0.2) is 11.1 Å². The number of hydrogen-bond donors (Lipinski definition) is 1. The van der Waals surface area contributed by atoms with Crippen LogP contribution in [-0.4, -0.2) is 42.0 Å². The van der Waals surface area contributed by atoms with E-state index in [4.69, 9.17) is 5.73 Å². The van der Waals surface area contributed by atoms with E-state index in [-0.39, 0.29) is 24.0 Å². The Kier molecular flexibility index (Phi) is 6.64. The second kappa shape index (κ2) is 8.49. The van der Waals surface area contributed by atoms with Crippen molar-refractivity contribution in [3.8, 4) is 0 Å². The second-order valence-electron chi connectivity index (χ2n) is 5.45. The summed E-state index contributed by atoms with van der Waals surface area (Å²) < 4.78 is 0. The number of halogens is 1. The molecule has 0 amide bonds. The molecule has 0 atom stereocenters. The van der Waals surface area contributed by atoms with Crippen LogP contribution < -0.4 is 10.6 Å². The first-order valence-corrected chi connectivity index (χ1v) is 8.35. The highest BCUT2D eigenvalue weighted by Crippen LogP contribution is 2.18. The maximum absolute atomic E-state index is 6.13. The Hall–Kier alpha value is -1.35. The highest BCUT2D eigenvalue weighted by molar-refractivity contribution is 14.0. The number of aryl methyl sites for hydroxylation is 1. The first kappa shape index (κ1) is 18.0. The summed E-state index contributed by atoms with van der Waals surface area (Å²) in [5.41, 5.74) is 8.59. The van der Waals surface area contributed by atoms with E-state index < -0.39 is 0 Å². The first-order chi connectivity index (χ1) is 10.7. The Labute approximate surface area is 158 Å². The summed E-state index contributed by atoms with van der Waals surface area (Å²) in [6.07, 6.45) is 1.85. The van der Waals surface area contributed by atoms with Gasteiger partial charge in [-0.1, -0.05) is 29.8 Å². The van der Waals surface area contributed by atoms with Gasteiger partial charge in [-0.05, 0) is 12.5 Å². The summed E-state index contributed by atoms with van der Waals surface area (Å²) in [5.74, 6) is 0.638. The van der Waals surface area contributed by atoms with Gasteiger partial charge >= 0.3 is 0 Å². The monoisotopic (exact) mass is 443 g/mol. The van der Waals surface area contributed by atoms with E-state index in [2.05, 4.69) is 51.0 Å². The predicted octanol–water partition coefficient (Wildman–Crippen LogP) is 2.71. The van der Waals surface area contributed by atoms with Gasteiger partial charge in [-0.15, -0.1) is 35.3 Å². The molecule has 0 bridgehead atoms. The second-order valence-corrected chi connectivity index (χ2v) is 6.32. The molecule has 1 aliphatic rings. The lowest BCUT2D eigenvalue weighted by Gasteiger charge is -2.35. The number of benzene rings is 1. The van der Waals surface area contributed by atoms with Gasteiger partial charge in [-0.3, -0.25) is 0 Å². The van der Waals surface area contributed by atoms with E-state index in [1.807, 2.05) is 11.6 Å². The molecule has 7 heteroatoms. The molecule has 1 aliphatic heterocycles. The van der Waals surface area contributed by atoms with Crippen molar-refractivity contribution in [1.29, 1.82) is 0 Å². The normalized spacial score (nSPS) is 15.4. The van der Waals surface area contributed by atoms with Gasteiger partial charge in [0.05, 0.1) is 6.54 Å². The largest absolute Gasteiger partial charge is 0.370 e. The standard InChI is InChI=1S/C16H21N5S.HI/c1-13-2-4-14(5-3-13)12-19-15(17)20-7-9-21(10-8-20)16-18-6-11-22-16;/h2-6,11H,7-10,12H2,1H3,(H2,17,19);1H. The minimum Gasteiger partial charge on any atom is -0.370 e. The average molecular weight is 443 g/mol. The van der Waals surface area contributed by atoms with Crippen LogP contribution in [0.15, 0.2) is 40.8 Å². The van der Waals surface area contributed by atoms with Gasteiger partial charge in [-0.25, -0.2) is 9.98 Å². The Bertz CT molecular complexity index is 618. The van der Waals surface area contributed by atoms with Crippen molar-refractivity contribution in [2.75, 3.05) is 31.1 Å². The highest BCUT2D eigenvalue weighted by atomic mass is 127. The number of aromatic nitrogens is 1. The molecule has 0 aliphatic carbocycles. The maximum Gasteiger partial charge on any atom is 0.191 e. The molecule has 2 heterocycles. The Morgan fingerprint density at radius 3 is 2.52 bits per heavy atom. The van der Waals surface area contributed by atoms with Gasteiger partial charge in [0, 0.05) is 37.8 Å². The van der Waals surface area contributed by atoms with Crippen molar-refractivity contribution in [1.82, 2.24) is 9.88 Å². The van der Waals surface area contributed by atoms with Crippen LogP contribution in [-0.2, 0) is 6.54 Å². The molecule has 0 unspecified atom stereocenters. The smallest absolute Gasteiger partial charge is 0.191 e. The van der Waals surface area contributed by atoms with Crippen molar-refractivity contribution >= 4 is 46.4 Å². The van der Waals surface area contributed by atoms with Crippen LogP contribution in [0.4, 0.5) is 5.13 Å². The molecular weight excluding hydrogens is 421 g/mol. The van der Waals surface area contributed by atoms with Crippen molar-refractivity contribution in [3.63, 3.8) is 0 Å². The van der Waals surface area contributed by atoms with Gasteiger partial charge in [-0.2, -0.15) is 0 Å². The zero-order chi connectivity index (χ0) is 15.4. The lowest BCUT2D eigenvalue weighted by atomic mass is 10.1. The molecule has 1 fully saturated rings. The lowest BCUT2D eigenvalue weighted by Crippen LogP contribution is -2.51. The van der Waals surface area contributed by atoms with E-state index in [9.17, 15) is 0 Å². The number of guanidine groups is 1. The number of nitrogens with zero attached hydrogens (tertiary/aromatic N) is 4. The van der Waals surface area contributed by atoms with E-state index in [1.165, 1.54) is 11.1 Å². The third-order valence-electron chi connectivity index (χ3n) is 3.84. The first-order valence-electron chi connectivity index (χ1n) is 7.47. The molecule has 1 saturated heterocycles. The molecule has 23 heavy (non-hydrogen) atoms. The zero-order valence-electron chi connectivity index (χ0n) is 13.2. The van der Waals surface area contributed by atoms with Crippen LogP contribution in [0, 0.1) is 6.92 Å². The van der Waals surface area contributed by atoms with Gasteiger partial charge in [0.2, 0.25) is 0 Å². The van der Waals surface area contributed by atoms with E-state index >= 15 is 0 Å². The van der Waals surface area contributed by atoms with Crippen LogP contribution in [0.25, 0.3) is 0 Å². The van der Waals surface area contributed by atoms with E-state index in [0.29, 0.717) is 12.5 Å². The maximum atomic E-state index is 6.13. The highest BCUT2D eigenvalue weighted by Gasteiger charge is 2.19. The SMILES string of the molecule is Cc1ccc(CN=C(N)N2CCN(c3nccs3)CC2)cc1.I. The minimum absolute atomic E-state index is 0. The van der Waals surface area contributed by atoms with Crippen LogP contribution in [0.2, 0.25) is 0 Å². The third-order valence-corrected chi connectivity index (χ3v) is 4.67. The van der Waals surface area contributed by atoms with Gasteiger partial charge in [0.1, 0.15) is 0 Å². The Balaban J connectivity index is 0.00000192. The van der Waals surface area contributed by atoms with Crippen molar-refractivity contribution in [3.05, 3.63) is 47.0 Å². The summed E-state index contributed by atoms with van der Waals surface area (Å²) in [4.78, 5) is 13.3. The van der Waals surface area contributed by atoms with Crippen LogP contribution in [0.5, 0.6) is 0 Å². The Morgan fingerprint density at radius 1 is 1.22 bits per heavy atom. The quantitative estimate of drug-likeness (QED) is 0.451. The number of thiazole rings is 1. The lowest BCUT2D eigenvalue weighted by molar-refractivity contribution is 0.380. The Morgan fingerprint density at radius 2 is 1.91 bits per heavy atom. The number of hydrogen-bond acceptors (Lipinski definition) is 4. The predicted molar refractivity (Wildman–Crippen MR) is 108 cm³/mol. The molecule has 3 rings (SSSR count). The van der Waals surface area contributed by atoms with Gasteiger partial charge in [0.25, 0.3) is 0 Å². The summed E-state index contributed by atoms with van der Waals surface area (Å²) in [7, 11) is 0. The molecular formula is C16H22IN5S. The molecule has 1 aromatic carbocycles. The van der Waals surface area contributed by atoms with Crippen molar-refractivity contribution in [2.45, 2.75) is 13.5 Å². The summed E-state index contributed by atoms with van der Waals surface area (Å²) in [6, 6.07) is 8.42. The third kappa shape index (κ3) is 4.81. The van der Waals surface area contributed by atoms with E-state index in [0.717, 1.165) is 31.3 Å². The number of aliphatic imine (C=N–C) groups is 1. The molecule has 124 valence electrons. The summed E-state index contributed by atoms with van der Waals surface area (Å²) in [5, 5.41) is 3.11. The topological polar surface area (TPSA) is 57.8 Å². The number of anilines is 1. The molecule has 0 radical (unpaired) electrons. The van der Waals surface area contributed by atoms with Crippen LogP contribution in [0.3, 0.4) is 0 Å². The molecule has 5 nitrogen and oxygen atoms in total. The molecule has 2 aromatic rings. The van der Waals surface area contributed by atoms with Crippen LogP contribution in [0.1, 0.15) is 11.1 Å². The zero-order valence-corrected chi connectivity index (χ0v) is 16.3. The molecule has 1 aromatic heterocycles. The fraction of sp³-hybridized carbons (Fsp3) is 0.375. The number of nitrogens with two attached hydrogens (primary N) is 1. The molecule has 0 saturated carbocycles. The fourth-order valence-corrected chi connectivity index (χ4v) is 3.16. The van der Waals surface area contributed by atoms with Crippen molar-refractivity contribution < 1.29 is 0 Å². The van der Waals surface area contributed by atoms with Gasteiger partial charge < -0.3 is 15.5 Å². The van der Waals surface area contributed by atoms with Crippen molar-refractivity contribution in [2.24, 2.45) is 10.7 Å². The van der Waals surface area contributed by atoms with Crippen LogP contribution >= 0.6 is 35.3 Å². The fourth-order valence-electron chi connectivity index (χ4n) is 2.46. The summed E-state index contributed by atoms with van der Waals surface area (Å²) in [6.45, 7) is 6.39. The molecule has 2 N–H and O–H groups in total. The summed E-state index contributed by atoms with van der Waals surface area (Å²) >= 11 is 1.68. The average Bonchev–Trinajstić information content (AvgIpc) is 3.09. The minimum atomic E-state index is 0. The molecule has 0 spiro atoms. The van der Waals surface area contributed by atoms with E-state index in [1.54, 1.807) is 11.3 Å².